The van der Waals surface area contributed by atoms with Gasteiger partial charge in [-0.15, -0.1) is 10.2 Å². The zero-order valence-corrected chi connectivity index (χ0v) is 19.6. The smallest absolute Gasteiger partial charge is 0.263 e. The van der Waals surface area contributed by atoms with Crippen LogP contribution in [-0.2, 0) is 12.8 Å². The quantitative estimate of drug-likeness (QED) is 0.361. The number of unbranched alkanes of at least 4 members (excludes halogenated alkanes) is 1. The Morgan fingerprint density at radius 1 is 1.03 bits per heavy atom. The Morgan fingerprint density at radius 3 is 2.51 bits per heavy atom. The highest BCUT2D eigenvalue weighted by atomic mass is 16.5. The molecule has 5 aromatic rings. The van der Waals surface area contributed by atoms with Gasteiger partial charge in [-0.25, -0.2) is 9.55 Å². The number of nitrogens with zero attached hydrogens (tertiary/aromatic N) is 6. The van der Waals surface area contributed by atoms with Gasteiger partial charge in [0.15, 0.2) is 5.82 Å². The van der Waals surface area contributed by atoms with E-state index in [0.29, 0.717) is 29.5 Å². The van der Waals surface area contributed by atoms with Gasteiger partial charge >= 0.3 is 0 Å². The van der Waals surface area contributed by atoms with Gasteiger partial charge in [0.25, 0.3) is 5.56 Å². The molecule has 0 aliphatic heterocycles. The highest BCUT2D eigenvalue weighted by Gasteiger charge is 2.18. The highest BCUT2D eigenvalue weighted by molar-refractivity contribution is 5.80. The number of aromatic amines is 1. The molecular weight excluding hydrogens is 442 g/mol. The van der Waals surface area contributed by atoms with Crippen molar-refractivity contribution >= 4 is 0 Å². The average Bonchev–Trinajstić information content (AvgIpc) is 3.60. The molecule has 0 fully saturated rings. The third-order valence-corrected chi connectivity index (χ3v) is 6.01. The first-order valence-corrected chi connectivity index (χ1v) is 11.6. The fourth-order valence-electron chi connectivity index (χ4n) is 4.25. The third-order valence-electron chi connectivity index (χ3n) is 6.01. The molecule has 0 saturated heterocycles. The van der Waals surface area contributed by atoms with E-state index in [-0.39, 0.29) is 5.56 Å². The Balaban J connectivity index is 1.50. The van der Waals surface area contributed by atoms with E-state index >= 15 is 0 Å². The van der Waals surface area contributed by atoms with Gasteiger partial charge in [0, 0.05) is 23.6 Å². The Hall–Kier alpha value is -4.40. The molecule has 0 amide bonds. The molecule has 0 unspecified atom stereocenters. The van der Waals surface area contributed by atoms with Crippen molar-refractivity contribution < 1.29 is 4.52 Å². The number of rotatable bonds is 8. The number of tetrazole rings is 1. The molecule has 9 heteroatoms. The van der Waals surface area contributed by atoms with Gasteiger partial charge in [-0.3, -0.25) is 4.79 Å². The van der Waals surface area contributed by atoms with Crippen LogP contribution in [0.4, 0.5) is 0 Å². The molecule has 0 radical (unpaired) electrons. The molecule has 0 atom stereocenters. The van der Waals surface area contributed by atoms with Gasteiger partial charge in [-0.05, 0) is 41.7 Å². The van der Waals surface area contributed by atoms with Crippen LogP contribution in [0.25, 0.3) is 28.3 Å². The molecule has 3 aromatic heterocycles. The van der Waals surface area contributed by atoms with Crippen molar-refractivity contribution in [2.24, 2.45) is 0 Å². The van der Waals surface area contributed by atoms with Crippen LogP contribution < -0.4 is 5.56 Å². The summed E-state index contributed by atoms with van der Waals surface area (Å²) < 4.78 is 6.49. The fraction of sp³-hybridized carbons (Fsp3) is 0.231. The second kappa shape index (κ2) is 9.84. The Kier molecular flexibility index (Phi) is 6.30. The van der Waals surface area contributed by atoms with Gasteiger partial charge in [0.2, 0.25) is 5.82 Å². The number of hydrogen-bond acceptors (Lipinski definition) is 7. The summed E-state index contributed by atoms with van der Waals surface area (Å²) in [6.45, 7) is 3.96. The van der Waals surface area contributed by atoms with Crippen LogP contribution in [0.5, 0.6) is 0 Å². The standard InChI is InChI=1S/C26H25N7O2/c1-3-4-9-23-22(26(34)33(17(2)27-23)24-14-15-35-30-24)16-18-10-12-19(13-11-18)20-7-5-6-8-21(20)25-28-31-32-29-25/h5-8,10-15H,3-4,9,16H2,1-2H3,(H,28,29,31,32). The molecule has 0 bridgehead atoms. The van der Waals surface area contributed by atoms with Crippen LogP contribution in [0.15, 0.2) is 70.2 Å². The van der Waals surface area contributed by atoms with Crippen LogP contribution >= 0.6 is 0 Å². The fourth-order valence-corrected chi connectivity index (χ4v) is 4.25. The number of H-pyrrole nitrogens is 1. The van der Waals surface area contributed by atoms with Gasteiger partial charge in [-0.1, -0.05) is 67.0 Å². The maximum Gasteiger partial charge on any atom is 0.263 e. The molecule has 0 aliphatic rings. The van der Waals surface area contributed by atoms with Crippen molar-refractivity contribution in [3.8, 4) is 28.3 Å². The highest BCUT2D eigenvalue weighted by Crippen LogP contribution is 2.30. The Labute approximate surface area is 201 Å². The zero-order chi connectivity index (χ0) is 24.2. The van der Waals surface area contributed by atoms with E-state index in [4.69, 9.17) is 9.51 Å². The summed E-state index contributed by atoms with van der Waals surface area (Å²) in [7, 11) is 0. The summed E-state index contributed by atoms with van der Waals surface area (Å²) in [6, 6.07) is 17.8. The Bertz CT molecular complexity index is 1470. The lowest BCUT2D eigenvalue weighted by Crippen LogP contribution is -2.28. The van der Waals surface area contributed by atoms with Crippen LogP contribution in [-0.4, -0.2) is 35.3 Å². The minimum absolute atomic E-state index is 0.107. The first-order valence-electron chi connectivity index (χ1n) is 11.6. The predicted octanol–water partition coefficient (Wildman–Crippen LogP) is 4.31. The van der Waals surface area contributed by atoms with Crippen molar-refractivity contribution in [3.05, 3.63) is 93.9 Å². The molecule has 0 aliphatic carbocycles. The monoisotopic (exact) mass is 467 g/mol. The van der Waals surface area contributed by atoms with Crippen molar-refractivity contribution in [1.29, 1.82) is 0 Å². The number of aromatic nitrogens is 7. The minimum atomic E-state index is -0.107. The van der Waals surface area contributed by atoms with E-state index in [1.807, 2.05) is 43.3 Å². The average molecular weight is 468 g/mol. The van der Waals surface area contributed by atoms with E-state index in [9.17, 15) is 4.79 Å². The van der Waals surface area contributed by atoms with Crippen molar-refractivity contribution in [2.45, 2.75) is 39.5 Å². The van der Waals surface area contributed by atoms with E-state index in [1.165, 1.54) is 10.8 Å². The molecule has 5 rings (SSSR count). The predicted molar refractivity (Wildman–Crippen MR) is 131 cm³/mol. The molecule has 35 heavy (non-hydrogen) atoms. The van der Waals surface area contributed by atoms with Gasteiger partial charge in [0.05, 0.1) is 5.69 Å². The molecule has 1 N–H and O–H groups in total. The van der Waals surface area contributed by atoms with Crippen LogP contribution in [0.3, 0.4) is 0 Å². The lowest BCUT2D eigenvalue weighted by molar-refractivity contribution is 0.415. The molecule has 9 nitrogen and oxygen atoms in total. The van der Waals surface area contributed by atoms with Crippen molar-refractivity contribution in [3.63, 3.8) is 0 Å². The molecule has 176 valence electrons. The second-order valence-electron chi connectivity index (χ2n) is 8.34. The van der Waals surface area contributed by atoms with E-state index in [2.05, 4.69) is 44.8 Å². The van der Waals surface area contributed by atoms with E-state index in [0.717, 1.165) is 47.2 Å². The van der Waals surface area contributed by atoms with Crippen LogP contribution in [0, 0.1) is 6.92 Å². The Morgan fingerprint density at radius 2 is 1.83 bits per heavy atom. The van der Waals surface area contributed by atoms with Crippen LogP contribution in [0.1, 0.15) is 42.4 Å². The van der Waals surface area contributed by atoms with Gasteiger partial charge in [0.1, 0.15) is 12.1 Å². The summed E-state index contributed by atoms with van der Waals surface area (Å²) in [5, 5.41) is 18.4. The lowest BCUT2D eigenvalue weighted by Gasteiger charge is -2.14. The van der Waals surface area contributed by atoms with Crippen LogP contribution in [0.2, 0.25) is 0 Å². The normalized spacial score (nSPS) is 11.1. The largest absolute Gasteiger partial charge is 0.363 e. The first-order chi connectivity index (χ1) is 17.2. The maximum absolute atomic E-state index is 13.6. The molecule has 0 spiro atoms. The number of benzene rings is 2. The number of nitrogens with one attached hydrogen (secondary N) is 1. The summed E-state index contributed by atoms with van der Waals surface area (Å²) in [5.74, 6) is 1.59. The van der Waals surface area contributed by atoms with Crippen molar-refractivity contribution in [1.82, 2.24) is 35.3 Å². The summed E-state index contributed by atoms with van der Waals surface area (Å²) in [6.07, 6.45) is 4.70. The molecule has 3 heterocycles. The van der Waals surface area contributed by atoms with Gasteiger partial charge in [-0.2, -0.15) is 5.21 Å². The van der Waals surface area contributed by atoms with Crippen molar-refractivity contribution in [2.75, 3.05) is 0 Å². The molecular formula is C26H25N7O2. The molecule has 2 aromatic carbocycles. The maximum atomic E-state index is 13.6. The molecule has 0 saturated carbocycles. The lowest BCUT2D eigenvalue weighted by atomic mass is 9.96. The first kappa shape index (κ1) is 22.4. The van der Waals surface area contributed by atoms with Gasteiger partial charge < -0.3 is 4.52 Å². The summed E-state index contributed by atoms with van der Waals surface area (Å²) in [4.78, 5) is 18.3. The topological polar surface area (TPSA) is 115 Å². The number of hydrogen-bond donors (Lipinski definition) is 1. The summed E-state index contributed by atoms with van der Waals surface area (Å²) >= 11 is 0. The third kappa shape index (κ3) is 4.52. The van der Waals surface area contributed by atoms with E-state index in [1.54, 1.807) is 6.07 Å². The van der Waals surface area contributed by atoms with E-state index < -0.39 is 0 Å². The number of aryl methyl sites for hydroxylation is 2. The minimum Gasteiger partial charge on any atom is -0.363 e. The SMILES string of the molecule is CCCCc1nc(C)n(-c2ccon2)c(=O)c1Cc1ccc(-c2ccccc2-c2nn[nH]n2)cc1. The summed E-state index contributed by atoms with van der Waals surface area (Å²) in [5.41, 5.74) is 5.39. The second-order valence-corrected chi connectivity index (χ2v) is 8.34. The zero-order valence-electron chi connectivity index (χ0n) is 19.6.